The van der Waals surface area contributed by atoms with E-state index in [4.69, 9.17) is 5.73 Å². The monoisotopic (exact) mass is 184 g/mol. The molecular formula is C10H20N2O. The number of nitrogens with two attached hydrogens (primary N) is 1. The van der Waals surface area contributed by atoms with Crippen LogP contribution in [0.1, 0.15) is 32.1 Å². The molecule has 13 heavy (non-hydrogen) atoms. The van der Waals surface area contributed by atoms with Crippen molar-refractivity contribution in [3.63, 3.8) is 0 Å². The number of amides is 1. The van der Waals surface area contributed by atoms with Gasteiger partial charge >= 0.3 is 0 Å². The molecule has 1 aliphatic rings. The Labute approximate surface area is 80.3 Å². The van der Waals surface area contributed by atoms with Gasteiger partial charge in [-0.25, -0.2) is 0 Å². The lowest BCUT2D eigenvalue weighted by Crippen LogP contribution is -2.28. The van der Waals surface area contributed by atoms with Gasteiger partial charge in [-0.05, 0) is 38.1 Å². The zero-order chi connectivity index (χ0) is 9.68. The number of carbonyl (C=O) groups excluding carboxylic acids is 1. The van der Waals surface area contributed by atoms with Crippen molar-refractivity contribution >= 4 is 5.91 Å². The van der Waals surface area contributed by atoms with E-state index in [1.807, 2.05) is 11.9 Å². The lowest BCUT2D eigenvalue weighted by Gasteiger charge is -2.16. The first kappa shape index (κ1) is 10.5. The van der Waals surface area contributed by atoms with Gasteiger partial charge in [0, 0.05) is 20.0 Å². The maximum absolute atomic E-state index is 11.5. The molecule has 1 aliphatic carbocycles. The summed E-state index contributed by atoms with van der Waals surface area (Å²) in [5.41, 5.74) is 5.36. The van der Waals surface area contributed by atoms with E-state index in [0.717, 1.165) is 25.3 Å². The average molecular weight is 184 g/mol. The van der Waals surface area contributed by atoms with E-state index in [9.17, 15) is 4.79 Å². The standard InChI is InChI=1S/C10H20N2O/c1-12(8-9-5-6-9)10(13)4-2-3-7-11/h9H,2-8,11H2,1H3. The number of carbonyl (C=O) groups is 1. The van der Waals surface area contributed by atoms with Crippen molar-refractivity contribution in [2.75, 3.05) is 20.1 Å². The predicted octanol–water partition coefficient (Wildman–Crippen LogP) is 0.984. The maximum Gasteiger partial charge on any atom is 0.222 e. The molecule has 2 N–H and O–H groups in total. The minimum absolute atomic E-state index is 0.278. The number of unbranched alkanes of at least 4 members (excludes halogenated alkanes) is 1. The Bertz CT molecular complexity index is 166. The zero-order valence-electron chi connectivity index (χ0n) is 8.46. The molecule has 0 aromatic rings. The van der Waals surface area contributed by atoms with Gasteiger partial charge in [0.05, 0.1) is 0 Å². The zero-order valence-corrected chi connectivity index (χ0v) is 8.46. The summed E-state index contributed by atoms with van der Waals surface area (Å²) in [6.07, 6.45) is 5.18. The Balaban J connectivity index is 2.05. The van der Waals surface area contributed by atoms with Crippen LogP contribution >= 0.6 is 0 Å². The smallest absolute Gasteiger partial charge is 0.222 e. The first-order valence-corrected chi connectivity index (χ1v) is 5.18. The molecule has 1 fully saturated rings. The van der Waals surface area contributed by atoms with Crippen LogP contribution in [0.4, 0.5) is 0 Å². The van der Waals surface area contributed by atoms with Crippen LogP contribution in [0.15, 0.2) is 0 Å². The second-order valence-corrected chi connectivity index (χ2v) is 3.96. The summed E-state index contributed by atoms with van der Waals surface area (Å²) in [7, 11) is 1.91. The van der Waals surface area contributed by atoms with Crippen LogP contribution in [-0.4, -0.2) is 30.9 Å². The molecule has 1 rings (SSSR count). The van der Waals surface area contributed by atoms with E-state index in [2.05, 4.69) is 0 Å². The van der Waals surface area contributed by atoms with Gasteiger partial charge in [-0.1, -0.05) is 0 Å². The summed E-state index contributed by atoms with van der Waals surface area (Å²) in [6.45, 7) is 1.65. The van der Waals surface area contributed by atoms with Crippen molar-refractivity contribution in [3.8, 4) is 0 Å². The van der Waals surface area contributed by atoms with Gasteiger partial charge in [0.25, 0.3) is 0 Å². The molecule has 0 aromatic heterocycles. The number of rotatable bonds is 6. The summed E-state index contributed by atoms with van der Waals surface area (Å²) in [5, 5.41) is 0. The Morgan fingerprint density at radius 1 is 1.46 bits per heavy atom. The first-order valence-electron chi connectivity index (χ1n) is 5.18. The molecule has 0 saturated heterocycles. The van der Waals surface area contributed by atoms with Crippen molar-refractivity contribution in [2.45, 2.75) is 32.1 Å². The highest BCUT2D eigenvalue weighted by Crippen LogP contribution is 2.29. The third-order valence-corrected chi connectivity index (χ3v) is 2.50. The lowest BCUT2D eigenvalue weighted by atomic mass is 10.2. The summed E-state index contributed by atoms with van der Waals surface area (Å²) in [6, 6.07) is 0. The van der Waals surface area contributed by atoms with Gasteiger partial charge in [0.15, 0.2) is 0 Å². The van der Waals surface area contributed by atoms with Crippen molar-refractivity contribution < 1.29 is 4.79 Å². The second kappa shape index (κ2) is 5.22. The molecule has 3 heteroatoms. The average Bonchev–Trinajstić information content (AvgIpc) is 2.88. The summed E-state index contributed by atoms with van der Waals surface area (Å²) < 4.78 is 0. The normalized spacial score (nSPS) is 15.8. The second-order valence-electron chi connectivity index (χ2n) is 3.96. The molecule has 1 amide bonds. The Morgan fingerprint density at radius 2 is 2.15 bits per heavy atom. The summed E-state index contributed by atoms with van der Waals surface area (Å²) >= 11 is 0. The SMILES string of the molecule is CN(CC1CC1)C(=O)CCCCN. The molecule has 0 radical (unpaired) electrons. The molecule has 0 aromatic carbocycles. The van der Waals surface area contributed by atoms with Crippen LogP contribution in [0.25, 0.3) is 0 Å². The predicted molar refractivity (Wildman–Crippen MR) is 53.3 cm³/mol. The van der Waals surface area contributed by atoms with E-state index in [-0.39, 0.29) is 5.91 Å². The molecule has 0 bridgehead atoms. The number of hydrogen-bond acceptors (Lipinski definition) is 2. The van der Waals surface area contributed by atoms with Gasteiger partial charge in [-0.3, -0.25) is 4.79 Å². The van der Waals surface area contributed by atoms with E-state index in [1.54, 1.807) is 0 Å². The van der Waals surface area contributed by atoms with E-state index in [1.165, 1.54) is 12.8 Å². The van der Waals surface area contributed by atoms with Crippen molar-refractivity contribution in [1.82, 2.24) is 4.90 Å². The molecule has 3 nitrogen and oxygen atoms in total. The Kier molecular flexibility index (Phi) is 4.22. The largest absolute Gasteiger partial charge is 0.345 e. The Morgan fingerprint density at radius 3 is 2.69 bits per heavy atom. The van der Waals surface area contributed by atoms with Crippen molar-refractivity contribution in [3.05, 3.63) is 0 Å². The van der Waals surface area contributed by atoms with Crippen LogP contribution in [0.5, 0.6) is 0 Å². The topological polar surface area (TPSA) is 46.3 Å². The van der Waals surface area contributed by atoms with E-state index >= 15 is 0 Å². The van der Waals surface area contributed by atoms with Gasteiger partial charge in [-0.2, -0.15) is 0 Å². The first-order chi connectivity index (χ1) is 6.24. The lowest BCUT2D eigenvalue weighted by molar-refractivity contribution is -0.130. The van der Waals surface area contributed by atoms with Gasteiger partial charge in [0.1, 0.15) is 0 Å². The van der Waals surface area contributed by atoms with Crippen LogP contribution in [0.2, 0.25) is 0 Å². The minimum Gasteiger partial charge on any atom is -0.345 e. The Hall–Kier alpha value is -0.570. The van der Waals surface area contributed by atoms with Crippen LogP contribution in [-0.2, 0) is 4.79 Å². The number of nitrogens with zero attached hydrogens (tertiary/aromatic N) is 1. The van der Waals surface area contributed by atoms with Crippen LogP contribution < -0.4 is 5.73 Å². The van der Waals surface area contributed by atoms with Crippen LogP contribution in [0, 0.1) is 5.92 Å². The molecule has 0 spiro atoms. The van der Waals surface area contributed by atoms with Gasteiger partial charge in [-0.15, -0.1) is 0 Å². The van der Waals surface area contributed by atoms with Gasteiger partial charge < -0.3 is 10.6 Å². The van der Waals surface area contributed by atoms with Gasteiger partial charge in [0.2, 0.25) is 5.91 Å². The molecule has 1 saturated carbocycles. The highest BCUT2D eigenvalue weighted by atomic mass is 16.2. The number of hydrogen-bond donors (Lipinski definition) is 1. The van der Waals surface area contributed by atoms with E-state index in [0.29, 0.717) is 13.0 Å². The fourth-order valence-electron chi connectivity index (χ4n) is 1.40. The molecule has 0 unspecified atom stereocenters. The summed E-state index contributed by atoms with van der Waals surface area (Å²) in [5.74, 6) is 1.07. The third-order valence-electron chi connectivity index (χ3n) is 2.50. The maximum atomic E-state index is 11.5. The van der Waals surface area contributed by atoms with E-state index < -0.39 is 0 Å². The van der Waals surface area contributed by atoms with Crippen molar-refractivity contribution in [2.24, 2.45) is 11.7 Å². The molecular weight excluding hydrogens is 164 g/mol. The highest BCUT2D eigenvalue weighted by molar-refractivity contribution is 5.75. The molecule has 0 aliphatic heterocycles. The molecule has 0 heterocycles. The quantitative estimate of drug-likeness (QED) is 0.626. The fraction of sp³-hybridized carbons (Fsp3) is 0.900. The van der Waals surface area contributed by atoms with Crippen LogP contribution in [0.3, 0.4) is 0 Å². The summed E-state index contributed by atoms with van der Waals surface area (Å²) in [4.78, 5) is 13.3. The highest BCUT2D eigenvalue weighted by Gasteiger charge is 2.24. The third kappa shape index (κ3) is 4.27. The van der Waals surface area contributed by atoms with Crippen molar-refractivity contribution in [1.29, 1.82) is 0 Å². The minimum atomic E-state index is 0.278. The molecule has 0 atom stereocenters. The molecule has 76 valence electrons. The fourth-order valence-corrected chi connectivity index (χ4v) is 1.40.